The van der Waals surface area contributed by atoms with Crippen LogP contribution in [0.3, 0.4) is 0 Å². The molecule has 0 unspecified atom stereocenters. The van der Waals surface area contributed by atoms with Crippen molar-refractivity contribution in [2.45, 2.75) is 0 Å². The maximum Gasteiger partial charge on any atom is 0.145 e. The molecule has 3 nitrogen and oxygen atoms in total. The highest BCUT2D eigenvalue weighted by atomic mass is 32.1. The summed E-state index contributed by atoms with van der Waals surface area (Å²) in [5, 5.41) is 4.97. The van der Waals surface area contributed by atoms with Gasteiger partial charge >= 0.3 is 0 Å². The van der Waals surface area contributed by atoms with Crippen LogP contribution >= 0.6 is 22.7 Å². The van der Waals surface area contributed by atoms with Crippen LogP contribution in [0.15, 0.2) is 176 Å². The summed E-state index contributed by atoms with van der Waals surface area (Å²) >= 11 is 3.77. The number of rotatable bonds is 5. The van der Waals surface area contributed by atoms with Crippen LogP contribution in [-0.4, -0.2) is 14.5 Å². The van der Waals surface area contributed by atoms with Crippen LogP contribution in [0, 0.1) is 0 Å². The van der Waals surface area contributed by atoms with Crippen molar-refractivity contribution in [2.75, 3.05) is 0 Å². The zero-order chi connectivity index (χ0) is 34.9. The first-order valence-electron chi connectivity index (χ1n) is 17.8. The molecule has 4 heterocycles. The van der Waals surface area contributed by atoms with Gasteiger partial charge in [-0.1, -0.05) is 140 Å². The summed E-state index contributed by atoms with van der Waals surface area (Å²) in [4.78, 5) is 11.8. The molecule has 0 aliphatic carbocycles. The van der Waals surface area contributed by atoms with Crippen molar-refractivity contribution in [1.29, 1.82) is 0 Å². The number of pyridine rings is 1. The molecule has 0 bridgehead atoms. The molecular weight excluding hydrogens is 683 g/mol. The summed E-state index contributed by atoms with van der Waals surface area (Å²) in [7, 11) is 0. The zero-order valence-electron chi connectivity index (χ0n) is 28.4. The van der Waals surface area contributed by atoms with Gasteiger partial charge in [0.2, 0.25) is 0 Å². The molecule has 0 aliphatic heterocycles. The summed E-state index contributed by atoms with van der Waals surface area (Å²) in [5.41, 5.74) is 11.0. The van der Waals surface area contributed by atoms with Crippen LogP contribution < -0.4 is 0 Å². The van der Waals surface area contributed by atoms with Crippen molar-refractivity contribution in [3.8, 4) is 49.9 Å². The number of hydrogen-bond acceptors (Lipinski definition) is 4. The van der Waals surface area contributed by atoms with Gasteiger partial charge in [-0.2, -0.15) is 0 Å². The van der Waals surface area contributed by atoms with Crippen molar-refractivity contribution in [1.82, 2.24) is 14.5 Å². The molecule has 0 spiro atoms. The number of benzene rings is 7. The lowest BCUT2D eigenvalue weighted by Gasteiger charge is -2.12. The second kappa shape index (κ2) is 12.1. The van der Waals surface area contributed by atoms with Gasteiger partial charge in [-0.25, -0.2) is 9.97 Å². The Morgan fingerprint density at radius 3 is 1.92 bits per heavy atom. The molecule has 0 N–H and O–H groups in total. The molecule has 7 aromatic carbocycles. The number of fused-ring (bicyclic) bond motifs is 7. The quantitative estimate of drug-likeness (QED) is 0.178. The van der Waals surface area contributed by atoms with Gasteiger partial charge in [0.25, 0.3) is 0 Å². The fourth-order valence-electron chi connectivity index (χ4n) is 7.83. The molecule has 53 heavy (non-hydrogen) atoms. The van der Waals surface area contributed by atoms with E-state index in [9.17, 15) is 0 Å². The topological polar surface area (TPSA) is 30.7 Å². The molecule has 0 atom stereocenters. The molecule has 4 aromatic heterocycles. The molecule has 5 heteroatoms. The summed E-state index contributed by atoms with van der Waals surface area (Å²) in [6, 6.07) is 62.7. The average Bonchev–Trinajstić information content (AvgIpc) is 3.94. The first kappa shape index (κ1) is 30.2. The van der Waals surface area contributed by atoms with E-state index in [-0.39, 0.29) is 0 Å². The third kappa shape index (κ3) is 4.78. The average molecular weight is 712 g/mol. The highest BCUT2D eigenvalue weighted by Crippen LogP contribution is 2.52. The van der Waals surface area contributed by atoms with Crippen LogP contribution in [0.4, 0.5) is 0 Å². The normalized spacial score (nSPS) is 11.8. The number of imidazole rings is 1. The molecular formula is C48H29N3S2. The Hall–Kier alpha value is -6.40. The Morgan fingerprint density at radius 2 is 1.09 bits per heavy atom. The molecule has 11 aromatic rings. The third-order valence-electron chi connectivity index (χ3n) is 10.2. The van der Waals surface area contributed by atoms with E-state index < -0.39 is 0 Å². The standard InChI is InChI=1S/C48H29N3S2/c1-3-14-31(15-4-1)44-43-42(30-26-28-32(29-27-30)48-50-39-23-10-11-24-40(39)51(48)33-16-5-2-6-17-33)47(53-46(43)36-19-7-9-22-38(36)49-44)37-21-13-20-35-34-18-8-12-25-41(34)52-45(35)37/h1-29H. The van der Waals surface area contributed by atoms with Crippen molar-refractivity contribution >= 4 is 74.9 Å². The Morgan fingerprint density at radius 1 is 0.434 bits per heavy atom. The van der Waals surface area contributed by atoms with E-state index in [1.54, 1.807) is 0 Å². The van der Waals surface area contributed by atoms with Crippen molar-refractivity contribution in [2.24, 2.45) is 0 Å². The number of nitrogens with zero attached hydrogens (tertiary/aromatic N) is 3. The summed E-state index contributed by atoms with van der Waals surface area (Å²) in [5.74, 6) is 0.923. The van der Waals surface area contributed by atoms with E-state index in [1.807, 2.05) is 22.7 Å². The molecule has 0 amide bonds. The fraction of sp³-hybridized carbons (Fsp3) is 0. The van der Waals surface area contributed by atoms with Gasteiger partial charge in [0.15, 0.2) is 0 Å². The van der Waals surface area contributed by atoms with E-state index >= 15 is 0 Å². The van der Waals surface area contributed by atoms with Gasteiger partial charge in [-0.3, -0.25) is 4.57 Å². The largest absolute Gasteiger partial charge is 0.292 e. The number of aromatic nitrogens is 3. The number of para-hydroxylation sites is 4. The Bertz CT molecular complexity index is 3150. The predicted molar refractivity (Wildman–Crippen MR) is 226 cm³/mol. The lowest BCUT2D eigenvalue weighted by Crippen LogP contribution is -1.97. The molecule has 248 valence electrons. The minimum atomic E-state index is 0.923. The van der Waals surface area contributed by atoms with E-state index in [0.717, 1.165) is 50.4 Å². The minimum absolute atomic E-state index is 0.923. The Kier molecular flexibility index (Phi) is 6.90. The lowest BCUT2D eigenvalue weighted by molar-refractivity contribution is 1.10. The van der Waals surface area contributed by atoms with Gasteiger partial charge in [-0.05, 0) is 42.0 Å². The van der Waals surface area contributed by atoms with E-state index in [4.69, 9.17) is 9.97 Å². The van der Waals surface area contributed by atoms with Crippen LogP contribution in [0.5, 0.6) is 0 Å². The van der Waals surface area contributed by atoms with E-state index in [1.165, 1.54) is 51.6 Å². The molecule has 0 aliphatic rings. The fourth-order valence-corrected chi connectivity index (χ4v) is 10.5. The van der Waals surface area contributed by atoms with E-state index in [2.05, 4.69) is 180 Å². The Balaban J connectivity index is 1.20. The summed E-state index contributed by atoms with van der Waals surface area (Å²) in [6.45, 7) is 0. The molecule has 0 saturated heterocycles. The van der Waals surface area contributed by atoms with Gasteiger partial charge in [-0.15, -0.1) is 22.7 Å². The van der Waals surface area contributed by atoms with Gasteiger partial charge in [0.05, 0.1) is 22.2 Å². The highest BCUT2D eigenvalue weighted by molar-refractivity contribution is 7.28. The minimum Gasteiger partial charge on any atom is -0.292 e. The molecule has 11 rings (SSSR count). The summed E-state index contributed by atoms with van der Waals surface area (Å²) in [6.07, 6.45) is 0. The second-order valence-electron chi connectivity index (χ2n) is 13.3. The van der Waals surface area contributed by atoms with Crippen molar-refractivity contribution in [3.63, 3.8) is 0 Å². The molecule has 0 fully saturated rings. The van der Waals surface area contributed by atoms with Gasteiger partial charge in [0.1, 0.15) is 5.82 Å². The van der Waals surface area contributed by atoms with Crippen LogP contribution in [0.2, 0.25) is 0 Å². The monoisotopic (exact) mass is 711 g/mol. The maximum absolute atomic E-state index is 5.39. The zero-order valence-corrected chi connectivity index (χ0v) is 30.0. The van der Waals surface area contributed by atoms with Crippen molar-refractivity contribution < 1.29 is 0 Å². The maximum atomic E-state index is 5.39. The second-order valence-corrected chi connectivity index (χ2v) is 15.4. The number of hydrogen-bond donors (Lipinski definition) is 0. The van der Waals surface area contributed by atoms with Gasteiger partial charge < -0.3 is 0 Å². The van der Waals surface area contributed by atoms with E-state index in [0.29, 0.717) is 0 Å². The van der Waals surface area contributed by atoms with Gasteiger partial charge in [0, 0.05) is 68.5 Å². The SMILES string of the molecule is c1ccc(-c2nc3ccccc3c3sc(-c4cccc5c4sc4ccccc45)c(-c4ccc(-c5nc6ccccc6n5-c5ccccc5)cc4)c23)cc1. The molecule has 0 saturated carbocycles. The van der Waals surface area contributed by atoms with Crippen molar-refractivity contribution in [3.05, 3.63) is 176 Å². The van der Waals surface area contributed by atoms with Crippen LogP contribution in [0.25, 0.3) is 102 Å². The predicted octanol–water partition coefficient (Wildman–Crippen LogP) is 13.8. The van der Waals surface area contributed by atoms with Crippen LogP contribution in [0.1, 0.15) is 0 Å². The summed E-state index contributed by atoms with van der Waals surface area (Å²) < 4.78 is 6.14. The lowest BCUT2D eigenvalue weighted by atomic mass is 9.94. The highest BCUT2D eigenvalue weighted by Gasteiger charge is 2.25. The Labute approximate surface area is 313 Å². The van der Waals surface area contributed by atoms with Crippen LogP contribution in [-0.2, 0) is 0 Å². The molecule has 0 radical (unpaired) electrons. The first-order chi connectivity index (χ1) is 26.3. The number of thiophene rings is 2. The third-order valence-corrected chi connectivity index (χ3v) is 12.7. The first-order valence-corrected chi connectivity index (χ1v) is 19.4. The smallest absolute Gasteiger partial charge is 0.145 e.